The summed E-state index contributed by atoms with van der Waals surface area (Å²) in [4.78, 5) is 10.8. The van der Waals surface area contributed by atoms with Crippen molar-refractivity contribution in [1.82, 2.24) is 5.32 Å². The fraction of sp³-hybridized carbons (Fsp3) is 0.400. The van der Waals surface area contributed by atoms with Crippen molar-refractivity contribution >= 4 is 16.9 Å². The highest BCUT2D eigenvalue weighted by Crippen LogP contribution is 2.44. The standard InChI is InChI=1S/C15H17NO3/c1-15(4-5-15)9-16-8-10-2-3-12-11(6-10)7-13(19-12)14(17)18/h2-3,6-7,16H,4-5,8-9H2,1H3,(H,17,18). The molecule has 1 heterocycles. The molecule has 0 unspecified atom stereocenters. The Labute approximate surface area is 111 Å². The zero-order valence-electron chi connectivity index (χ0n) is 10.9. The molecular formula is C15H17NO3. The van der Waals surface area contributed by atoms with Crippen LogP contribution in [0, 0.1) is 5.41 Å². The molecule has 0 aliphatic heterocycles. The number of hydrogen-bond acceptors (Lipinski definition) is 3. The van der Waals surface area contributed by atoms with Gasteiger partial charge in [-0.15, -0.1) is 0 Å². The summed E-state index contributed by atoms with van der Waals surface area (Å²) in [6.45, 7) is 4.13. The number of aromatic carboxylic acids is 1. The molecule has 4 nitrogen and oxygen atoms in total. The van der Waals surface area contributed by atoms with Gasteiger partial charge in [-0.05, 0) is 42.0 Å². The highest BCUT2D eigenvalue weighted by Gasteiger charge is 2.36. The topological polar surface area (TPSA) is 62.5 Å². The third kappa shape index (κ3) is 2.63. The predicted octanol–water partition coefficient (Wildman–Crippen LogP) is 3.02. The van der Waals surface area contributed by atoms with Gasteiger partial charge in [0.25, 0.3) is 0 Å². The van der Waals surface area contributed by atoms with Gasteiger partial charge in [-0.25, -0.2) is 4.79 Å². The minimum atomic E-state index is -1.03. The molecule has 0 amide bonds. The second-order valence-corrected chi connectivity index (χ2v) is 5.70. The Balaban J connectivity index is 1.71. The third-order valence-electron chi connectivity index (χ3n) is 3.78. The Morgan fingerprint density at radius 3 is 2.89 bits per heavy atom. The summed E-state index contributed by atoms with van der Waals surface area (Å²) in [5.74, 6) is -1.04. The molecular weight excluding hydrogens is 242 g/mol. The Hall–Kier alpha value is -1.81. The van der Waals surface area contributed by atoms with Crippen LogP contribution in [0.1, 0.15) is 35.9 Å². The van der Waals surface area contributed by atoms with Crippen molar-refractivity contribution in [3.63, 3.8) is 0 Å². The van der Waals surface area contributed by atoms with Gasteiger partial charge in [0.05, 0.1) is 0 Å². The van der Waals surface area contributed by atoms with Gasteiger partial charge in [-0.2, -0.15) is 0 Å². The van der Waals surface area contributed by atoms with E-state index in [9.17, 15) is 4.79 Å². The Morgan fingerprint density at radius 1 is 1.42 bits per heavy atom. The number of nitrogens with one attached hydrogen (secondary N) is 1. The SMILES string of the molecule is CC1(CNCc2ccc3oc(C(=O)O)cc3c2)CC1. The number of furan rings is 1. The van der Waals surface area contributed by atoms with E-state index in [0.717, 1.165) is 24.0 Å². The molecule has 1 aliphatic rings. The summed E-state index contributed by atoms with van der Waals surface area (Å²) in [7, 11) is 0. The quantitative estimate of drug-likeness (QED) is 0.866. The Kier molecular flexibility index (Phi) is 2.82. The first-order chi connectivity index (χ1) is 9.06. The van der Waals surface area contributed by atoms with E-state index in [0.29, 0.717) is 11.0 Å². The van der Waals surface area contributed by atoms with Gasteiger partial charge < -0.3 is 14.8 Å². The second-order valence-electron chi connectivity index (χ2n) is 5.70. The molecule has 1 aliphatic carbocycles. The molecule has 4 heteroatoms. The van der Waals surface area contributed by atoms with Crippen LogP contribution in [0.25, 0.3) is 11.0 Å². The van der Waals surface area contributed by atoms with E-state index in [1.807, 2.05) is 18.2 Å². The molecule has 1 aromatic heterocycles. The normalized spacial score (nSPS) is 16.7. The number of carbonyl (C=O) groups is 1. The van der Waals surface area contributed by atoms with E-state index in [4.69, 9.17) is 9.52 Å². The molecule has 100 valence electrons. The summed E-state index contributed by atoms with van der Waals surface area (Å²) in [6.07, 6.45) is 2.62. The van der Waals surface area contributed by atoms with Gasteiger partial charge in [0.2, 0.25) is 5.76 Å². The van der Waals surface area contributed by atoms with Crippen molar-refractivity contribution in [1.29, 1.82) is 0 Å². The zero-order chi connectivity index (χ0) is 13.5. The van der Waals surface area contributed by atoms with Crippen LogP contribution < -0.4 is 5.32 Å². The summed E-state index contributed by atoms with van der Waals surface area (Å²) in [5, 5.41) is 13.2. The highest BCUT2D eigenvalue weighted by molar-refractivity contribution is 5.91. The Morgan fingerprint density at radius 2 is 2.21 bits per heavy atom. The lowest BCUT2D eigenvalue weighted by Crippen LogP contribution is -2.21. The molecule has 19 heavy (non-hydrogen) atoms. The smallest absolute Gasteiger partial charge is 0.371 e. The number of carboxylic acids is 1. The average Bonchev–Trinajstić information content (AvgIpc) is 2.94. The first-order valence-corrected chi connectivity index (χ1v) is 6.52. The number of rotatable bonds is 5. The van der Waals surface area contributed by atoms with Gasteiger partial charge >= 0.3 is 5.97 Å². The average molecular weight is 259 g/mol. The van der Waals surface area contributed by atoms with E-state index in [1.54, 1.807) is 6.07 Å². The van der Waals surface area contributed by atoms with Crippen LogP contribution in [0.2, 0.25) is 0 Å². The van der Waals surface area contributed by atoms with Crippen LogP contribution in [0.15, 0.2) is 28.7 Å². The molecule has 2 N–H and O–H groups in total. The molecule has 0 saturated heterocycles. The van der Waals surface area contributed by atoms with E-state index in [2.05, 4.69) is 12.2 Å². The van der Waals surface area contributed by atoms with Crippen LogP contribution in [-0.2, 0) is 6.54 Å². The van der Waals surface area contributed by atoms with Gasteiger partial charge in [0.1, 0.15) is 5.58 Å². The third-order valence-corrected chi connectivity index (χ3v) is 3.78. The highest BCUT2D eigenvalue weighted by atomic mass is 16.4. The Bertz CT molecular complexity index is 625. The van der Waals surface area contributed by atoms with E-state index in [-0.39, 0.29) is 5.76 Å². The summed E-state index contributed by atoms with van der Waals surface area (Å²) < 4.78 is 5.23. The number of fused-ring (bicyclic) bond motifs is 1. The first kappa shape index (κ1) is 12.2. The summed E-state index contributed by atoms with van der Waals surface area (Å²) in [6, 6.07) is 7.36. The van der Waals surface area contributed by atoms with E-state index < -0.39 is 5.97 Å². The van der Waals surface area contributed by atoms with Crippen LogP contribution in [0.4, 0.5) is 0 Å². The molecule has 2 aromatic rings. The van der Waals surface area contributed by atoms with Gasteiger partial charge in [0, 0.05) is 18.5 Å². The molecule has 1 aromatic carbocycles. The van der Waals surface area contributed by atoms with Crippen molar-refractivity contribution < 1.29 is 14.3 Å². The van der Waals surface area contributed by atoms with E-state index in [1.165, 1.54) is 12.8 Å². The zero-order valence-corrected chi connectivity index (χ0v) is 10.9. The number of carboxylic acid groups (broad SMARTS) is 1. The van der Waals surface area contributed by atoms with E-state index >= 15 is 0 Å². The van der Waals surface area contributed by atoms with Crippen LogP contribution in [0.5, 0.6) is 0 Å². The van der Waals surface area contributed by atoms with Gasteiger partial charge in [0.15, 0.2) is 0 Å². The summed E-state index contributed by atoms with van der Waals surface area (Å²) >= 11 is 0. The maximum absolute atomic E-state index is 10.8. The molecule has 1 saturated carbocycles. The largest absolute Gasteiger partial charge is 0.475 e. The molecule has 1 fully saturated rings. The van der Waals surface area contributed by atoms with Gasteiger partial charge in [-0.1, -0.05) is 13.0 Å². The predicted molar refractivity (Wildman–Crippen MR) is 72.2 cm³/mol. The van der Waals surface area contributed by atoms with Crippen molar-refractivity contribution in [3.05, 3.63) is 35.6 Å². The molecule has 0 spiro atoms. The fourth-order valence-corrected chi connectivity index (χ4v) is 2.21. The summed E-state index contributed by atoms with van der Waals surface area (Å²) in [5.41, 5.74) is 2.26. The molecule has 0 bridgehead atoms. The minimum Gasteiger partial charge on any atom is -0.475 e. The monoisotopic (exact) mass is 259 g/mol. The lowest BCUT2D eigenvalue weighted by molar-refractivity contribution is 0.0665. The lowest BCUT2D eigenvalue weighted by atomic mass is 10.1. The lowest BCUT2D eigenvalue weighted by Gasteiger charge is -2.09. The maximum atomic E-state index is 10.8. The maximum Gasteiger partial charge on any atom is 0.371 e. The van der Waals surface area contributed by atoms with Crippen LogP contribution in [-0.4, -0.2) is 17.6 Å². The molecule has 3 rings (SSSR count). The first-order valence-electron chi connectivity index (χ1n) is 6.52. The van der Waals surface area contributed by atoms with Crippen molar-refractivity contribution in [2.75, 3.05) is 6.54 Å². The van der Waals surface area contributed by atoms with Crippen LogP contribution >= 0.6 is 0 Å². The molecule has 0 atom stereocenters. The van der Waals surface area contributed by atoms with Crippen molar-refractivity contribution in [2.24, 2.45) is 5.41 Å². The van der Waals surface area contributed by atoms with Crippen molar-refractivity contribution in [3.8, 4) is 0 Å². The second kappa shape index (κ2) is 4.38. The minimum absolute atomic E-state index is 0.00870. The molecule has 0 radical (unpaired) electrons. The van der Waals surface area contributed by atoms with Gasteiger partial charge in [-0.3, -0.25) is 0 Å². The fourth-order valence-electron chi connectivity index (χ4n) is 2.21. The van der Waals surface area contributed by atoms with Crippen molar-refractivity contribution in [2.45, 2.75) is 26.3 Å². The number of hydrogen-bond donors (Lipinski definition) is 2. The van der Waals surface area contributed by atoms with Crippen LogP contribution in [0.3, 0.4) is 0 Å². The number of benzene rings is 1.